The Labute approximate surface area is 154 Å². The molecule has 1 heterocycles. The van der Waals surface area contributed by atoms with Gasteiger partial charge in [-0.15, -0.1) is 0 Å². The lowest BCUT2D eigenvalue weighted by Crippen LogP contribution is -2.33. The molecule has 5 heteroatoms. The molecular weight excluding hydrogens is 328 g/mol. The molecule has 0 radical (unpaired) electrons. The molecule has 1 unspecified atom stereocenters. The van der Waals surface area contributed by atoms with Crippen LogP contribution in [-0.4, -0.2) is 36.9 Å². The molecule has 2 aromatic rings. The summed E-state index contributed by atoms with van der Waals surface area (Å²) in [5, 5.41) is 2.93. The zero-order chi connectivity index (χ0) is 18.4. The van der Waals surface area contributed by atoms with Crippen LogP contribution in [0.4, 0.5) is 0 Å². The van der Waals surface area contributed by atoms with Crippen molar-refractivity contribution in [1.82, 2.24) is 10.2 Å². The van der Waals surface area contributed by atoms with E-state index >= 15 is 0 Å². The van der Waals surface area contributed by atoms with Gasteiger partial charge in [0.05, 0.1) is 13.0 Å². The SMILES string of the molecule is COc1ccccc1CNC(=O)C1CC(=O)N(CCc2ccccc2)C1. The van der Waals surface area contributed by atoms with E-state index in [2.05, 4.69) is 17.4 Å². The van der Waals surface area contributed by atoms with Gasteiger partial charge in [-0.25, -0.2) is 0 Å². The summed E-state index contributed by atoms with van der Waals surface area (Å²) in [4.78, 5) is 26.5. The molecule has 1 aliphatic heterocycles. The van der Waals surface area contributed by atoms with Crippen LogP contribution in [0, 0.1) is 5.92 Å². The molecule has 3 rings (SSSR count). The number of para-hydroxylation sites is 1. The fourth-order valence-electron chi connectivity index (χ4n) is 3.25. The van der Waals surface area contributed by atoms with Gasteiger partial charge in [-0.1, -0.05) is 48.5 Å². The largest absolute Gasteiger partial charge is 0.496 e. The van der Waals surface area contributed by atoms with E-state index in [4.69, 9.17) is 4.74 Å². The zero-order valence-corrected chi connectivity index (χ0v) is 15.0. The molecule has 1 N–H and O–H groups in total. The van der Waals surface area contributed by atoms with E-state index < -0.39 is 0 Å². The van der Waals surface area contributed by atoms with Crippen molar-refractivity contribution < 1.29 is 14.3 Å². The Morgan fingerprint density at radius 2 is 1.88 bits per heavy atom. The molecule has 2 amide bonds. The minimum Gasteiger partial charge on any atom is -0.496 e. The van der Waals surface area contributed by atoms with Crippen molar-refractivity contribution in [3.63, 3.8) is 0 Å². The topological polar surface area (TPSA) is 58.6 Å². The van der Waals surface area contributed by atoms with Gasteiger partial charge in [-0.05, 0) is 18.1 Å². The number of amides is 2. The van der Waals surface area contributed by atoms with Crippen LogP contribution in [0.1, 0.15) is 17.5 Å². The molecule has 1 aliphatic rings. The molecule has 0 spiro atoms. The van der Waals surface area contributed by atoms with E-state index in [1.165, 1.54) is 5.56 Å². The molecule has 1 saturated heterocycles. The van der Waals surface area contributed by atoms with Crippen molar-refractivity contribution >= 4 is 11.8 Å². The second-order valence-electron chi connectivity index (χ2n) is 6.51. The van der Waals surface area contributed by atoms with Crippen LogP contribution < -0.4 is 10.1 Å². The van der Waals surface area contributed by atoms with E-state index in [9.17, 15) is 9.59 Å². The smallest absolute Gasteiger partial charge is 0.225 e. The Morgan fingerprint density at radius 1 is 1.15 bits per heavy atom. The third-order valence-corrected chi connectivity index (χ3v) is 4.74. The van der Waals surface area contributed by atoms with Gasteiger partial charge in [0, 0.05) is 31.6 Å². The third-order valence-electron chi connectivity index (χ3n) is 4.74. The maximum atomic E-state index is 12.5. The number of likely N-dealkylation sites (tertiary alicyclic amines) is 1. The summed E-state index contributed by atoms with van der Waals surface area (Å²) in [6.07, 6.45) is 1.09. The number of nitrogens with one attached hydrogen (secondary N) is 1. The first-order valence-corrected chi connectivity index (χ1v) is 8.88. The highest BCUT2D eigenvalue weighted by atomic mass is 16.5. The predicted molar refractivity (Wildman–Crippen MR) is 99.7 cm³/mol. The predicted octanol–water partition coefficient (Wildman–Crippen LogP) is 2.40. The van der Waals surface area contributed by atoms with Gasteiger partial charge >= 0.3 is 0 Å². The van der Waals surface area contributed by atoms with Crippen molar-refractivity contribution in [2.45, 2.75) is 19.4 Å². The molecule has 5 nitrogen and oxygen atoms in total. The van der Waals surface area contributed by atoms with Crippen LogP contribution in [0.3, 0.4) is 0 Å². The maximum absolute atomic E-state index is 12.5. The molecule has 0 bridgehead atoms. The van der Waals surface area contributed by atoms with Gasteiger partial charge < -0.3 is 15.0 Å². The minimum atomic E-state index is -0.284. The lowest BCUT2D eigenvalue weighted by atomic mass is 10.1. The highest BCUT2D eigenvalue weighted by Gasteiger charge is 2.33. The van der Waals surface area contributed by atoms with Gasteiger partial charge in [0.15, 0.2) is 0 Å². The first-order valence-electron chi connectivity index (χ1n) is 8.88. The zero-order valence-electron chi connectivity index (χ0n) is 15.0. The van der Waals surface area contributed by atoms with E-state index in [0.717, 1.165) is 17.7 Å². The summed E-state index contributed by atoms with van der Waals surface area (Å²) >= 11 is 0. The number of hydrogen-bond donors (Lipinski definition) is 1. The minimum absolute atomic E-state index is 0.0540. The van der Waals surface area contributed by atoms with E-state index in [1.54, 1.807) is 12.0 Å². The standard InChI is InChI=1S/C21H24N2O3/c1-26-19-10-6-5-9-17(19)14-22-21(25)18-13-20(24)23(15-18)12-11-16-7-3-2-4-8-16/h2-10,18H,11-15H2,1H3,(H,22,25). The van der Waals surface area contributed by atoms with Crippen LogP contribution in [0.2, 0.25) is 0 Å². The summed E-state index contributed by atoms with van der Waals surface area (Å²) in [6, 6.07) is 17.7. The highest BCUT2D eigenvalue weighted by molar-refractivity contribution is 5.89. The molecule has 2 aromatic carbocycles. The van der Waals surface area contributed by atoms with Crippen LogP contribution in [-0.2, 0) is 22.6 Å². The summed E-state index contributed by atoms with van der Waals surface area (Å²) in [6.45, 7) is 1.54. The van der Waals surface area contributed by atoms with Crippen LogP contribution in [0.25, 0.3) is 0 Å². The molecule has 26 heavy (non-hydrogen) atoms. The first-order chi connectivity index (χ1) is 12.7. The summed E-state index contributed by atoms with van der Waals surface area (Å²) in [5.74, 6) is 0.442. The van der Waals surface area contributed by atoms with Gasteiger partial charge in [0.2, 0.25) is 11.8 Å². The number of methoxy groups -OCH3 is 1. The van der Waals surface area contributed by atoms with Crippen LogP contribution in [0.15, 0.2) is 54.6 Å². The Kier molecular flexibility index (Phi) is 5.89. The Hall–Kier alpha value is -2.82. The molecule has 0 aromatic heterocycles. The number of carbonyl (C=O) groups excluding carboxylic acids is 2. The number of carbonyl (C=O) groups is 2. The fraction of sp³-hybridized carbons (Fsp3) is 0.333. The van der Waals surface area contributed by atoms with Crippen molar-refractivity contribution in [3.8, 4) is 5.75 Å². The van der Waals surface area contributed by atoms with Crippen molar-refractivity contribution in [3.05, 3.63) is 65.7 Å². The summed E-state index contributed by atoms with van der Waals surface area (Å²) < 4.78 is 5.30. The number of ether oxygens (including phenoxy) is 1. The van der Waals surface area contributed by atoms with Gasteiger partial charge in [0.1, 0.15) is 5.75 Å². The first kappa shape index (κ1) is 18.0. The number of nitrogens with zero attached hydrogens (tertiary/aromatic N) is 1. The molecular formula is C21H24N2O3. The maximum Gasteiger partial charge on any atom is 0.225 e. The van der Waals surface area contributed by atoms with E-state index in [-0.39, 0.29) is 24.2 Å². The molecule has 1 atom stereocenters. The Balaban J connectivity index is 1.50. The Bertz CT molecular complexity index is 761. The fourth-order valence-corrected chi connectivity index (χ4v) is 3.25. The second-order valence-corrected chi connectivity index (χ2v) is 6.51. The number of rotatable bonds is 7. The average molecular weight is 352 g/mol. The van der Waals surface area contributed by atoms with Crippen molar-refractivity contribution in [2.24, 2.45) is 5.92 Å². The van der Waals surface area contributed by atoms with Crippen LogP contribution >= 0.6 is 0 Å². The van der Waals surface area contributed by atoms with E-state index in [1.807, 2.05) is 42.5 Å². The van der Waals surface area contributed by atoms with E-state index in [0.29, 0.717) is 19.6 Å². The third kappa shape index (κ3) is 4.42. The van der Waals surface area contributed by atoms with Gasteiger partial charge in [0.25, 0.3) is 0 Å². The average Bonchev–Trinajstić information content (AvgIpc) is 3.06. The second kappa shape index (κ2) is 8.52. The quantitative estimate of drug-likeness (QED) is 0.832. The van der Waals surface area contributed by atoms with Crippen LogP contribution in [0.5, 0.6) is 5.75 Å². The monoisotopic (exact) mass is 352 g/mol. The van der Waals surface area contributed by atoms with Gasteiger partial charge in [-0.2, -0.15) is 0 Å². The normalized spacial score (nSPS) is 16.6. The van der Waals surface area contributed by atoms with Crippen molar-refractivity contribution in [1.29, 1.82) is 0 Å². The van der Waals surface area contributed by atoms with Gasteiger partial charge in [-0.3, -0.25) is 9.59 Å². The highest BCUT2D eigenvalue weighted by Crippen LogP contribution is 2.20. The lowest BCUT2D eigenvalue weighted by molar-refractivity contribution is -0.129. The molecule has 1 fully saturated rings. The lowest BCUT2D eigenvalue weighted by Gasteiger charge is -2.17. The summed E-state index contributed by atoms with van der Waals surface area (Å²) in [7, 11) is 1.61. The van der Waals surface area contributed by atoms with Crippen molar-refractivity contribution in [2.75, 3.05) is 20.2 Å². The molecule has 0 aliphatic carbocycles. The molecule has 136 valence electrons. The number of hydrogen-bond acceptors (Lipinski definition) is 3. The summed E-state index contributed by atoms with van der Waals surface area (Å²) in [5.41, 5.74) is 2.12. The Morgan fingerprint density at radius 3 is 2.65 bits per heavy atom. The number of benzene rings is 2. The molecule has 0 saturated carbocycles.